The number of rotatable bonds is 16. The molecule has 1 rings (SSSR count). The molecule has 1 aliphatic carbocycles. The lowest BCUT2D eigenvalue weighted by Crippen LogP contribution is -2.13. The number of unbranched alkanes of at least 4 members (excludes halogenated alkanes) is 8. The summed E-state index contributed by atoms with van der Waals surface area (Å²) in [4.78, 5) is 23.4. The molecule has 0 spiro atoms. The molecule has 0 aromatic heterocycles. The van der Waals surface area contributed by atoms with Crippen LogP contribution in [-0.4, -0.2) is 25.2 Å². The average Bonchev–Trinajstić information content (AvgIpc) is 2.75. The van der Waals surface area contributed by atoms with Gasteiger partial charge in [0.1, 0.15) is 0 Å². The Balaban J connectivity index is 1.87. The number of hydrogen-bond donors (Lipinski definition) is 0. The van der Waals surface area contributed by atoms with Crippen molar-refractivity contribution in [2.24, 2.45) is 5.92 Å². The van der Waals surface area contributed by atoms with Crippen LogP contribution in [0.25, 0.3) is 0 Å². The molecular weight excluding hydrogens is 376 g/mol. The summed E-state index contributed by atoms with van der Waals surface area (Å²) < 4.78 is 10.4. The van der Waals surface area contributed by atoms with E-state index in [0.717, 1.165) is 25.2 Å². The molecule has 0 atom stereocenters. The molecule has 172 valence electrons. The topological polar surface area (TPSA) is 52.6 Å². The van der Waals surface area contributed by atoms with Gasteiger partial charge in [0, 0.05) is 19.3 Å². The first-order valence-electron chi connectivity index (χ1n) is 12.5. The van der Waals surface area contributed by atoms with Gasteiger partial charge in [0.15, 0.2) is 6.61 Å². The molecule has 1 saturated carbocycles. The van der Waals surface area contributed by atoms with Crippen molar-refractivity contribution < 1.29 is 19.1 Å². The monoisotopic (exact) mass is 420 g/mol. The highest BCUT2D eigenvalue weighted by Crippen LogP contribution is 2.26. The van der Waals surface area contributed by atoms with E-state index in [2.05, 4.69) is 18.8 Å². The summed E-state index contributed by atoms with van der Waals surface area (Å²) in [6.45, 7) is 2.91. The third-order valence-electron chi connectivity index (χ3n) is 5.86. The van der Waals surface area contributed by atoms with E-state index in [1.807, 2.05) is 0 Å². The summed E-state index contributed by atoms with van der Waals surface area (Å²) in [6, 6.07) is 0. The van der Waals surface area contributed by atoms with Gasteiger partial charge in [-0.15, -0.1) is 0 Å². The van der Waals surface area contributed by atoms with Gasteiger partial charge in [-0.3, -0.25) is 9.59 Å². The van der Waals surface area contributed by atoms with Gasteiger partial charge >= 0.3 is 11.9 Å². The van der Waals surface area contributed by atoms with E-state index in [1.165, 1.54) is 77.0 Å². The lowest BCUT2D eigenvalue weighted by atomic mass is 9.87. The molecule has 0 unspecified atom stereocenters. The standard InChI is InChI=1S/C26H44O4/c1-2-3-4-5-6-7-8-9-10-11-15-22-29-25(27)19-16-20-26(28)30-23-21-24-17-13-12-14-18-24/h24H,2-10,12-14,16-23H2,1H3. The minimum absolute atomic E-state index is 0.154. The van der Waals surface area contributed by atoms with Crippen LogP contribution in [0.5, 0.6) is 0 Å². The molecule has 1 aliphatic rings. The molecule has 4 heteroatoms. The van der Waals surface area contributed by atoms with Crippen LogP contribution >= 0.6 is 0 Å². The van der Waals surface area contributed by atoms with Crippen LogP contribution in [0.15, 0.2) is 0 Å². The molecule has 0 heterocycles. The molecule has 0 bridgehead atoms. The molecule has 0 aromatic rings. The zero-order chi connectivity index (χ0) is 21.7. The van der Waals surface area contributed by atoms with Crippen LogP contribution in [0.3, 0.4) is 0 Å². The molecule has 0 radical (unpaired) electrons. The van der Waals surface area contributed by atoms with Crippen LogP contribution in [0.2, 0.25) is 0 Å². The molecule has 0 N–H and O–H groups in total. The first-order chi connectivity index (χ1) is 14.7. The number of carbonyl (C=O) groups is 2. The largest absolute Gasteiger partial charge is 0.466 e. The minimum Gasteiger partial charge on any atom is -0.466 e. The zero-order valence-corrected chi connectivity index (χ0v) is 19.4. The Morgan fingerprint density at radius 3 is 2.10 bits per heavy atom. The van der Waals surface area contributed by atoms with Crippen molar-refractivity contribution in [2.45, 2.75) is 122 Å². The van der Waals surface area contributed by atoms with Crippen molar-refractivity contribution in [2.75, 3.05) is 13.2 Å². The van der Waals surface area contributed by atoms with E-state index in [0.29, 0.717) is 13.0 Å². The Labute approximate surface area is 184 Å². The Kier molecular flexibility index (Phi) is 17.2. The summed E-state index contributed by atoms with van der Waals surface area (Å²) in [5, 5.41) is 0. The molecular formula is C26H44O4. The maximum absolute atomic E-state index is 11.7. The summed E-state index contributed by atoms with van der Waals surface area (Å²) in [5.74, 6) is 6.21. The molecule has 0 aromatic carbocycles. The van der Waals surface area contributed by atoms with E-state index >= 15 is 0 Å². The van der Waals surface area contributed by atoms with Crippen LogP contribution in [0, 0.1) is 17.8 Å². The maximum atomic E-state index is 11.7. The van der Waals surface area contributed by atoms with Crippen molar-refractivity contribution >= 4 is 11.9 Å². The smallest absolute Gasteiger partial charge is 0.306 e. The first kappa shape index (κ1) is 26.5. The summed E-state index contributed by atoms with van der Waals surface area (Å²) in [5.41, 5.74) is 0. The second-order valence-corrected chi connectivity index (χ2v) is 8.61. The SMILES string of the molecule is CCCCCCCCCCC#CCOC(=O)CCCC(=O)OCCC1CCCCC1. The third kappa shape index (κ3) is 16.3. The summed E-state index contributed by atoms with van der Waals surface area (Å²) >= 11 is 0. The van der Waals surface area contributed by atoms with Crippen molar-refractivity contribution in [1.82, 2.24) is 0 Å². The maximum Gasteiger partial charge on any atom is 0.306 e. The average molecular weight is 421 g/mol. The van der Waals surface area contributed by atoms with Crippen LogP contribution < -0.4 is 0 Å². The fourth-order valence-electron chi connectivity index (χ4n) is 3.94. The van der Waals surface area contributed by atoms with Gasteiger partial charge in [-0.2, -0.15) is 0 Å². The van der Waals surface area contributed by atoms with Gasteiger partial charge in [-0.25, -0.2) is 0 Å². The number of esters is 2. The van der Waals surface area contributed by atoms with E-state index < -0.39 is 0 Å². The minimum atomic E-state index is -0.286. The van der Waals surface area contributed by atoms with E-state index in [-0.39, 0.29) is 31.4 Å². The predicted octanol–water partition coefficient (Wildman–Crippen LogP) is 6.75. The van der Waals surface area contributed by atoms with Crippen molar-refractivity contribution in [3.63, 3.8) is 0 Å². The summed E-state index contributed by atoms with van der Waals surface area (Å²) in [7, 11) is 0. The van der Waals surface area contributed by atoms with Crippen molar-refractivity contribution in [3.05, 3.63) is 0 Å². The highest BCUT2D eigenvalue weighted by molar-refractivity contribution is 5.72. The van der Waals surface area contributed by atoms with Crippen LogP contribution in [0.4, 0.5) is 0 Å². The highest BCUT2D eigenvalue weighted by Gasteiger charge is 2.14. The Morgan fingerprint density at radius 1 is 0.767 bits per heavy atom. The highest BCUT2D eigenvalue weighted by atomic mass is 16.5. The number of ether oxygens (including phenoxy) is 2. The van der Waals surface area contributed by atoms with Gasteiger partial charge < -0.3 is 9.47 Å². The molecule has 0 saturated heterocycles. The van der Waals surface area contributed by atoms with Gasteiger partial charge in [-0.05, 0) is 25.2 Å². The first-order valence-corrected chi connectivity index (χ1v) is 12.5. The quantitative estimate of drug-likeness (QED) is 0.157. The summed E-state index contributed by atoms with van der Waals surface area (Å²) in [6.07, 6.45) is 19.7. The lowest BCUT2D eigenvalue weighted by molar-refractivity contribution is -0.145. The number of hydrogen-bond acceptors (Lipinski definition) is 4. The zero-order valence-electron chi connectivity index (χ0n) is 19.4. The normalized spacial score (nSPS) is 14.0. The molecule has 1 fully saturated rings. The van der Waals surface area contributed by atoms with Crippen molar-refractivity contribution in [1.29, 1.82) is 0 Å². The van der Waals surface area contributed by atoms with Gasteiger partial charge in [0.2, 0.25) is 0 Å². The molecule has 30 heavy (non-hydrogen) atoms. The second kappa shape index (κ2) is 19.5. The van der Waals surface area contributed by atoms with Gasteiger partial charge in [0.05, 0.1) is 6.61 Å². The molecule has 0 amide bonds. The Bertz CT molecular complexity index is 497. The second-order valence-electron chi connectivity index (χ2n) is 8.61. The van der Waals surface area contributed by atoms with E-state index in [4.69, 9.17) is 9.47 Å². The predicted molar refractivity (Wildman–Crippen MR) is 122 cm³/mol. The third-order valence-corrected chi connectivity index (χ3v) is 5.86. The Hall–Kier alpha value is -1.50. The lowest BCUT2D eigenvalue weighted by Gasteiger charge is -2.21. The Morgan fingerprint density at radius 2 is 1.40 bits per heavy atom. The van der Waals surface area contributed by atoms with Gasteiger partial charge in [0.25, 0.3) is 0 Å². The fraction of sp³-hybridized carbons (Fsp3) is 0.846. The fourth-order valence-corrected chi connectivity index (χ4v) is 3.94. The van der Waals surface area contributed by atoms with Crippen molar-refractivity contribution in [3.8, 4) is 11.8 Å². The van der Waals surface area contributed by atoms with Crippen LogP contribution in [0.1, 0.15) is 122 Å². The molecule has 0 aliphatic heterocycles. The molecule has 4 nitrogen and oxygen atoms in total. The van der Waals surface area contributed by atoms with E-state index in [9.17, 15) is 9.59 Å². The van der Waals surface area contributed by atoms with E-state index in [1.54, 1.807) is 0 Å². The van der Waals surface area contributed by atoms with Crippen LogP contribution in [-0.2, 0) is 19.1 Å². The number of carbonyl (C=O) groups excluding carboxylic acids is 2. The van der Waals surface area contributed by atoms with Gasteiger partial charge in [-0.1, -0.05) is 95.8 Å².